The van der Waals surface area contributed by atoms with Crippen LogP contribution in [0.2, 0.25) is 0 Å². The number of hydrogen-bond donors (Lipinski definition) is 1. The van der Waals surface area contributed by atoms with Gasteiger partial charge >= 0.3 is 0 Å². The molecule has 1 aromatic heterocycles. The largest absolute Gasteiger partial charge is 0.388 e. The lowest BCUT2D eigenvalue weighted by atomic mass is 10.0. The van der Waals surface area contributed by atoms with Crippen molar-refractivity contribution in [1.29, 1.82) is 5.26 Å². The molecular formula is C17H21N3O. The van der Waals surface area contributed by atoms with Gasteiger partial charge in [0.25, 0.3) is 0 Å². The van der Waals surface area contributed by atoms with E-state index in [0.717, 1.165) is 24.1 Å². The topological polar surface area (TPSA) is 61.8 Å². The summed E-state index contributed by atoms with van der Waals surface area (Å²) < 4.78 is 1.98. The minimum Gasteiger partial charge on any atom is -0.388 e. The van der Waals surface area contributed by atoms with Crippen LogP contribution in [0.1, 0.15) is 55.7 Å². The molecule has 1 atom stereocenters. The molecule has 1 N–H and O–H groups in total. The van der Waals surface area contributed by atoms with Gasteiger partial charge in [-0.15, -0.1) is 0 Å². The van der Waals surface area contributed by atoms with Crippen LogP contribution in [0, 0.1) is 11.3 Å². The van der Waals surface area contributed by atoms with Crippen LogP contribution in [0.15, 0.2) is 36.5 Å². The van der Waals surface area contributed by atoms with Gasteiger partial charge in [-0.1, -0.05) is 26.0 Å². The van der Waals surface area contributed by atoms with Gasteiger partial charge in [-0.05, 0) is 36.6 Å². The highest BCUT2D eigenvalue weighted by atomic mass is 16.3. The normalized spacial score (nSPS) is 12.3. The van der Waals surface area contributed by atoms with Gasteiger partial charge in [-0.25, -0.2) is 0 Å². The zero-order valence-corrected chi connectivity index (χ0v) is 12.5. The molecule has 1 heterocycles. The zero-order chi connectivity index (χ0) is 15.2. The first kappa shape index (κ1) is 15.3. The van der Waals surface area contributed by atoms with E-state index in [0.29, 0.717) is 18.0 Å². The van der Waals surface area contributed by atoms with Crippen LogP contribution >= 0.6 is 0 Å². The first-order valence-electron chi connectivity index (χ1n) is 7.40. The fraction of sp³-hybridized carbons (Fsp3) is 0.412. The van der Waals surface area contributed by atoms with Crippen LogP contribution in [0.5, 0.6) is 0 Å². The number of nitrogens with zero attached hydrogens (tertiary/aromatic N) is 3. The maximum Gasteiger partial charge on any atom is 0.0991 e. The van der Waals surface area contributed by atoms with Gasteiger partial charge in [0.2, 0.25) is 0 Å². The minimum atomic E-state index is -0.636. The maximum atomic E-state index is 10.3. The molecule has 21 heavy (non-hydrogen) atoms. The predicted octanol–water partition coefficient (Wildman–Crippen LogP) is 3.39. The summed E-state index contributed by atoms with van der Waals surface area (Å²) in [6.45, 7) is 4.30. The third-order valence-electron chi connectivity index (χ3n) is 3.78. The smallest absolute Gasteiger partial charge is 0.0991 e. The Kier molecular flexibility index (Phi) is 5.13. The van der Waals surface area contributed by atoms with Crippen molar-refractivity contribution in [3.05, 3.63) is 53.3 Å². The highest BCUT2D eigenvalue weighted by Gasteiger charge is 2.13. The van der Waals surface area contributed by atoms with E-state index in [9.17, 15) is 5.11 Å². The molecule has 110 valence electrons. The summed E-state index contributed by atoms with van der Waals surface area (Å²) >= 11 is 0. The van der Waals surface area contributed by atoms with E-state index in [4.69, 9.17) is 5.26 Å². The van der Waals surface area contributed by atoms with E-state index in [1.165, 1.54) is 0 Å². The molecule has 0 saturated carbocycles. The van der Waals surface area contributed by atoms with Crippen molar-refractivity contribution in [3.63, 3.8) is 0 Å². The summed E-state index contributed by atoms with van der Waals surface area (Å²) in [6, 6.07) is 11.5. The quantitative estimate of drug-likeness (QED) is 0.884. The maximum absolute atomic E-state index is 10.3. The summed E-state index contributed by atoms with van der Waals surface area (Å²) in [5.74, 6) is 0. The number of nitriles is 1. The van der Waals surface area contributed by atoms with Crippen molar-refractivity contribution < 1.29 is 5.11 Å². The molecule has 0 aliphatic carbocycles. The second kappa shape index (κ2) is 7.05. The molecule has 4 nitrogen and oxygen atoms in total. The third kappa shape index (κ3) is 3.71. The van der Waals surface area contributed by atoms with Gasteiger partial charge in [0.1, 0.15) is 0 Å². The average Bonchev–Trinajstić information content (AvgIpc) is 2.97. The number of aromatic nitrogens is 2. The lowest BCUT2D eigenvalue weighted by molar-refractivity contribution is 0.176. The summed E-state index contributed by atoms with van der Waals surface area (Å²) in [7, 11) is 0. The van der Waals surface area contributed by atoms with Crippen molar-refractivity contribution in [3.8, 4) is 6.07 Å². The van der Waals surface area contributed by atoms with E-state index >= 15 is 0 Å². The van der Waals surface area contributed by atoms with Gasteiger partial charge in [0.05, 0.1) is 29.5 Å². The van der Waals surface area contributed by atoms with Gasteiger partial charge < -0.3 is 5.11 Å². The van der Waals surface area contributed by atoms with E-state index in [2.05, 4.69) is 25.0 Å². The Morgan fingerprint density at radius 1 is 1.29 bits per heavy atom. The molecule has 2 rings (SSSR count). The highest BCUT2D eigenvalue weighted by molar-refractivity contribution is 5.34. The second-order valence-corrected chi connectivity index (χ2v) is 5.21. The van der Waals surface area contributed by atoms with Gasteiger partial charge in [-0.2, -0.15) is 10.4 Å². The van der Waals surface area contributed by atoms with E-state index in [-0.39, 0.29) is 0 Å². The Hall–Kier alpha value is -2.12. The van der Waals surface area contributed by atoms with Crippen molar-refractivity contribution in [2.24, 2.45) is 0 Å². The van der Waals surface area contributed by atoms with Crippen LogP contribution in [0.25, 0.3) is 0 Å². The third-order valence-corrected chi connectivity index (χ3v) is 3.78. The molecule has 4 heteroatoms. The minimum absolute atomic E-state index is 0.415. The van der Waals surface area contributed by atoms with Crippen molar-refractivity contribution in [1.82, 2.24) is 9.78 Å². The first-order chi connectivity index (χ1) is 10.2. The van der Waals surface area contributed by atoms with Crippen LogP contribution in [-0.4, -0.2) is 14.9 Å². The monoisotopic (exact) mass is 283 g/mol. The van der Waals surface area contributed by atoms with Gasteiger partial charge in [-0.3, -0.25) is 4.68 Å². The molecule has 0 saturated heterocycles. The standard InChI is InChI=1S/C17H21N3O/c1-3-16(4-2)20-9-8-15(19-20)11-17(21)14-7-5-6-13(10-14)12-18/h5-10,16-17,21H,3-4,11H2,1-2H3. The van der Waals surface area contributed by atoms with Crippen molar-refractivity contribution in [2.75, 3.05) is 0 Å². The molecule has 0 bridgehead atoms. The van der Waals surface area contributed by atoms with Gasteiger partial charge in [0, 0.05) is 12.6 Å². The second-order valence-electron chi connectivity index (χ2n) is 5.21. The highest BCUT2D eigenvalue weighted by Crippen LogP contribution is 2.20. The van der Waals surface area contributed by atoms with E-state index in [1.54, 1.807) is 18.2 Å². The molecule has 0 radical (unpaired) electrons. The Balaban J connectivity index is 2.09. The average molecular weight is 283 g/mol. The van der Waals surface area contributed by atoms with E-state index < -0.39 is 6.10 Å². The number of aliphatic hydroxyl groups excluding tert-OH is 1. The molecule has 1 unspecified atom stereocenters. The number of benzene rings is 1. The Labute approximate surface area is 125 Å². The molecule has 1 aromatic carbocycles. The Morgan fingerprint density at radius 3 is 2.71 bits per heavy atom. The van der Waals surface area contributed by atoms with Crippen LogP contribution in [0.4, 0.5) is 0 Å². The lowest BCUT2D eigenvalue weighted by Gasteiger charge is -2.13. The first-order valence-corrected chi connectivity index (χ1v) is 7.40. The molecular weight excluding hydrogens is 262 g/mol. The van der Waals surface area contributed by atoms with E-state index in [1.807, 2.05) is 23.0 Å². The number of hydrogen-bond acceptors (Lipinski definition) is 3. The molecule has 0 aliphatic heterocycles. The summed E-state index contributed by atoms with van der Waals surface area (Å²) in [4.78, 5) is 0. The molecule has 0 aliphatic rings. The molecule has 2 aromatic rings. The SMILES string of the molecule is CCC(CC)n1ccc(CC(O)c2cccc(C#N)c2)n1. The Bertz CT molecular complexity index is 623. The fourth-order valence-electron chi connectivity index (χ4n) is 2.48. The summed E-state index contributed by atoms with van der Waals surface area (Å²) in [5, 5.41) is 23.8. The van der Waals surface area contributed by atoms with Crippen LogP contribution < -0.4 is 0 Å². The molecule has 0 amide bonds. The van der Waals surface area contributed by atoms with Crippen molar-refractivity contribution in [2.45, 2.75) is 45.3 Å². The van der Waals surface area contributed by atoms with Gasteiger partial charge in [0.15, 0.2) is 0 Å². The fourth-order valence-corrected chi connectivity index (χ4v) is 2.48. The molecule has 0 fully saturated rings. The van der Waals surface area contributed by atoms with Crippen LogP contribution in [0.3, 0.4) is 0 Å². The summed E-state index contributed by atoms with van der Waals surface area (Å²) in [5.41, 5.74) is 2.19. The van der Waals surface area contributed by atoms with Crippen LogP contribution in [-0.2, 0) is 6.42 Å². The Morgan fingerprint density at radius 2 is 2.05 bits per heavy atom. The lowest BCUT2D eigenvalue weighted by Crippen LogP contribution is -2.09. The molecule has 0 spiro atoms. The predicted molar refractivity (Wildman–Crippen MR) is 81.7 cm³/mol. The summed E-state index contributed by atoms with van der Waals surface area (Å²) in [6.07, 6.45) is 3.89. The zero-order valence-electron chi connectivity index (χ0n) is 12.5. The number of aliphatic hydroxyl groups is 1. The van der Waals surface area contributed by atoms with Crippen molar-refractivity contribution >= 4 is 0 Å². The number of rotatable bonds is 6.